The number of halogens is 5. The molecule has 0 saturated heterocycles. The maximum atomic E-state index is 12.8. The molecule has 0 aliphatic heterocycles. The van der Waals surface area contributed by atoms with Crippen molar-refractivity contribution >= 4 is 29.2 Å². The number of hydrogen-bond donors (Lipinski definition) is 1. The van der Waals surface area contributed by atoms with Crippen molar-refractivity contribution in [3.05, 3.63) is 45.8 Å². The number of carbonyl (C=O) groups is 1. The van der Waals surface area contributed by atoms with Gasteiger partial charge in [0.05, 0.1) is 5.69 Å². The second kappa shape index (κ2) is 5.50. The number of aromatic carboxylic acids is 1. The number of hydrogen-bond acceptors (Lipinski definition) is 3. The third-order valence-electron chi connectivity index (χ3n) is 2.37. The minimum atomic E-state index is -4.80. The molecule has 0 radical (unpaired) electrons. The van der Waals surface area contributed by atoms with E-state index in [-0.39, 0.29) is 21.3 Å². The van der Waals surface area contributed by atoms with Crippen LogP contribution in [0, 0.1) is 0 Å². The Morgan fingerprint density at radius 1 is 1.05 bits per heavy atom. The van der Waals surface area contributed by atoms with Crippen LogP contribution in [0.4, 0.5) is 13.2 Å². The van der Waals surface area contributed by atoms with Gasteiger partial charge < -0.3 is 5.11 Å². The first-order valence-electron chi connectivity index (χ1n) is 5.33. The van der Waals surface area contributed by atoms with Crippen molar-refractivity contribution in [2.45, 2.75) is 6.18 Å². The van der Waals surface area contributed by atoms with Gasteiger partial charge in [-0.05, 0) is 24.3 Å². The van der Waals surface area contributed by atoms with Crippen molar-refractivity contribution in [2.24, 2.45) is 0 Å². The van der Waals surface area contributed by atoms with Crippen LogP contribution in [0.25, 0.3) is 11.3 Å². The van der Waals surface area contributed by atoms with E-state index in [0.717, 1.165) is 0 Å². The van der Waals surface area contributed by atoms with Gasteiger partial charge in [0.1, 0.15) is 5.69 Å². The molecule has 2 aromatic rings. The van der Waals surface area contributed by atoms with Crippen LogP contribution in [0.2, 0.25) is 10.0 Å². The maximum Gasteiger partial charge on any atom is 0.433 e. The Labute approximate surface area is 126 Å². The molecule has 1 aromatic carbocycles. The van der Waals surface area contributed by atoms with E-state index in [4.69, 9.17) is 28.3 Å². The Bertz CT molecular complexity index is 700. The standard InChI is InChI=1S/C12H5Cl2F3N2O2/c13-6-1-5(2-7(14)3-6)8-4-9(12(15,16)17)19-10(18-8)11(20)21/h1-4H,(H,20,21). The SMILES string of the molecule is O=C(O)c1nc(-c2cc(Cl)cc(Cl)c2)cc(C(F)(F)F)n1. The first-order chi connectivity index (χ1) is 9.66. The number of benzene rings is 1. The molecular weight excluding hydrogens is 332 g/mol. The van der Waals surface area contributed by atoms with Gasteiger partial charge in [0.2, 0.25) is 5.82 Å². The zero-order chi connectivity index (χ0) is 15.8. The summed E-state index contributed by atoms with van der Waals surface area (Å²) in [6.45, 7) is 0. The quantitative estimate of drug-likeness (QED) is 0.893. The predicted octanol–water partition coefficient (Wildman–Crippen LogP) is 4.17. The minimum Gasteiger partial charge on any atom is -0.475 e. The third kappa shape index (κ3) is 3.62. The van der Waals surface area contributed by atoms with Gasteiger partial charge in [0, 0.05) is 15.6 Å². The highest BCUT2D eigenvalue weighted by Crippen LogP contribution is 2.32. The number of carboxylic acid groups (broad SMARTS) is 1. The van der Waals surface area contributed by atoms with E-state index >= 15 is 0 Å². The second-order valence-electron chi connectivity index (χ2n) is 3.92. The Morgan fingerprint density at radius 2 is 1.62 bits per heavy atom. The molecule has 0 amide bonds. The molecule has 0 atom stereocenters. The van der Waals surface area contributed by atoms with Crippen LogP contribution in [-0.4, -0.2) is 21.0 Å². The molecule has 9 heteroatoms. The molecule has 2 rings (SSSR count). The van der Waals surface area contributed by atoms with Crippen molar-refractivity contribution < 1.29 is 23.1 Å². The number of rotatable bonds is 2. The summed E-state index contributed by atoms with van der Waals surface area (Å²) in [7, 11) is 0. The molecule has 0 bridgehead atoms. The fraction of sp³-hybridized carbons (Fsp3) is 0.0833. The van der Waals surface area contributed by atoms with Crippen LogP contribution >= 0.6 is 23.2 Å². The summed E-state index contributed by atoms with van der Waals surface area (Å²) in [6.07, 6.45) is -4.80. The number of alkyl halides is 3. The summed E-state index contributed by atoms with van der Waals surface area (Å²) in [6, 6.07) is 4.66. The van der Waals surface area contributed by atoms with Crippen LogP contribution in [0.15, 0.2) is 24.3 Å². The summed E-state index contributed by atoms with van der Waals surface area (Å²) in [5.74, 6) is -2.63. The summed E-state index contributed by atoms with van der Waals surface area (Å²) in [5, 5.41) is 9.18. The Hall–Kier alpha value is -1.86. The lowest BCUT2D eigenvalue weighted by molar-refractivity contribution is -0.141. The number of carboxylic acids is 1. The van der Waals surface area contributed by atoms with Crippen molar-refractivity contribution in [2.75, 3.05) is 0 Å². The van der Waals surface area contributed by atoms with Crippen molar-refractivity contribution in [1.29, 1.82) is 0 Å². The summed E-state index contributed by atoms with van der Waals surface area (Å²) in [5.41, 5.74) is -1.44. The third-order valence-corrected chi connectivity index (χ3v) is 2.80. The van der Waals surface area contributed by atoms with Gasteiger partial charge in [0.15, 0.2) is 0 Å². The van der Waals surface area contributed by atoms with Crippen LogP contribution < -0.4 is 0 Å². The average molecular weight is 337 g/mol. The molecule has 0 saturated carbocycles. The molecule has 1 N–H and O–H groups in total. The summed E-state index contributed by atoms with van der Waals surface area (Å²) < 4.78 is 38.3. The minimum absolute atomic E-state index is 0.155. The molecule has 0 unspecified atom stereocenters. The predicted molar refractivity (Wildman–Crippen MR) is 69.4 cm³/mol. The molecule has 1 aromatic heterocycles. The highest BCUT2D eigenvalue weighted by molar-refractivity contribution is 6.35. The van der Waals surface area contributed by atoms with Crippen LogP contribution in [-0.2, 0) is 6.18 Å². The van der Waals surface area contributed by atoms with Crippen LogP contribution in [0.1, 0.15) is 16.3 Å². The lowest BCUT2D eigenvalue weighted by atomic mass is 10.1. The molecule has 110 valence electrons. The Morgan fingerprint density at radius 3 is 2.10 bits per heavy atom. The van der Waals surface area contributed by atoms with Gasteiger partial charge >= 0.3 is 12.1 Å². The molecule has 21 heavy (non-hydrogen) atoms. The maximum absolute atomic E-state index is 12.8. The van der Waals surface area contributed by atoms with Gasteiger partial charge in [0.25, 0.3) is 0 Å². The van der Waals surface area contributed by atoms with Crippen LogP contribution in [0.3, 0.4) is 0 Å². The van der Waals surface area contributed by atoms with Gasteiger partial charge in [-0.3, -0.25) is 0 Å². The summed E-state index contributed by atoms with van der Waals surface area (Å²) in [4.78, 5) is 17.4. The van der Waals surface area contributed by atoms with E-state index in [2.05, 4.69) is 9.97 Å². The smallest absolute Gasteiger partial charge is 0.433 e. The molecule has 0 aliphatic carbocycles. The Balaban J connectivity index is 2.67. The number of aromatic nitrogens is 2. The molecule has 0 spiro atoms. The first kappa shape index (κ1) is 15.5. The Kier molecular flexibility index (Phi) is 4.06. The highest BCUT2D eigenvalue weighted by atomic mass is 35.5. The highest BCUT2D eigenvalue weighted by Gasteiger charge is 2.34. The zero-order valence-corrected chi connectivity index (χ0v) is 11.5. The monoisotopic (exact) mass is 336 g/mol. The number of nitrogens with zero attached hydrogens (tertiary/aromatic N) is 2. The fourth-order valence-electron chi connectivity index (χ4n) is 1.54. The van der Waals surface area contributed by atoms with E-state index in [1.165, 1.54) is 18.2 Å². The molecule has 1 heterocycles. The van der Waals surface area contributed by atoms with Gasteiger partial charge in [-0.1, -0.05) is 23.2 Å². The van der Waals surface area contributed by atoms with Gasteiger partial charge in [-0.25, -0.2) is 14.8 Å². The van der Waals surface area contributed by atoms with Crippen molar-refractivity contribution in [3.8, 4) is 11.3 Å². The molecule has 4 nitrogen and oxygen atoms in total. The van der Waals surface area contributed by atoms with Gasteiger partial charge in [-0.2, -0.15) is 13.2 Å². The van der Waals surface area contributed by atoms with Crippen molar-refractivity contribution in [1.82, 2.24) is 9.97 Å². The largest absolute Gasteiger partial charge is 0.475 e. The van der Waals surface area contributed by atoms with Gasteiger partial charge in [-0.15, -0.1) is 0 Å². The lowest BCUT2D eigenvalue weighted by Gasteiger charge is -2.09. The van der Waals surface area contributed by atoms with E-state index in [0.29, 0.717) is 6.07 Å². The topological polar surface area (TPSA) is 63.1 Å². The lowest BCUT2D eigenvalue weighted by Crippen LogP contribution is -2.14. The van der Waals surface area contributed by atoms with E-state index in [9.17, 15) is 18.0 Å². The zero-order valence-electron chi connectivity index (χ0n) is 9.95. The van der Waals surface area contributed by atoms with E-state index < -0.39 is 23.7 Å². The molecule has 0 fully saturated rings. The molecule has 0 aliphatic rings. The van der Waals surface area contributed by atoms with E-state index in [1.54, 1.807) is 0 Å². The fourth-order valence-corrected chi connectivity index (χ4v) is 2.06. The first-order valence-corrected chi connectivity index (χ1v) is 6.08. The molecular formula is C12H5Cl2F3N2O2. The van der Waals surface area contributed by atoms with E-state index in [1.807, 2.05) is 0 Å². The summed E-state index contributed by atoms with van der Waals surface area (Å²) >= 11 is 11.5. The van der Waals surface area contributed by atoms with Crippen molar-refractivity contribution in [3.63, 3.8) is 0 Å². The second-order valence-corrected chi connectivity index (χ2v) is 4.80. The van der Waals surface area contributed by atoms with Crippen LogP contribution in [0.5, 0.6) is 0 Å². The normalized spacial score (nSPS) is 11.5. The average Bonchev–Trinajstić information content (AvgIpc) is 2.36.